The minimum atomic E-state index is -1.52. The Bertz CT molecular complexity index is 389. The second-order valence-corrected chi connectivity index (χ2v) is 4.13. The van der Waals surface area contributed by atoms with E-state index in [1.165, 1.54) is 12.1 Å². The van der Waals surface area contributed by atoms with Gasteiger partial charge in [0.2, 0.25) is 0 Å². The fourth-order valence-corrected chi connectivity index (χ4v) is 1.73. The molecular formula is C12H14BrFO3. The first kappa shape index (κ1) is 14.3. The number of halogens is 2. The van der Waals surface area contributed by atoms with Crippen molar-refractivity contribution in [3.8, 4) is 0 Å². The molecule has 0 amide bonds. The Balaban J connectivity index is 3.19. The molecule has 0 saturated carbocycles. The first-order chi connectivity index (χ1) is 8.09. The minimum absolute atomic E-state index is 0.288. The van der Waals surface area contributed by atoms with Gasteiger partial charge in [0.25, 0.3) is 5.79 Å². The molecule has 0 N–H and O–H groups in total. The largest absolute Gasteiger partial charge is 0.340 e. The lowest BCUT2D eigenvalue weighted by atomic mass is 10.1. The summed E-state index contributed by atoms with van der Waals surface area (Å²) in [6, 6.07) is 4.33. The molecule has 5 heteroatoms. The Hall–Kier alpha value is -0.780. The molecule has 1 aromatic carbocycles. The van der Waals surface area contributed by atoms with Crippen molar-refractivity contribution in [3.63, 3.8) is 0 Å². The number of rotatable bonds is 6. The predicted molar refractivity (Wildman–Crippen MR) is 65.1 cm³/mol. The van der Waals surface area contributed by atoms with Crippen LogP contribution in [0.3, 0.4) is 0 Å². The van der Waals surface area contributed by atoms with Crippen LogP contribution < -0.4 is 0 Å². The second kappa shape index (κ2) is 6.23. The maximum absolute atomic E-state index is 13.5. The molecule has 0 unspecified atom stereocenters. The van der Waals surface area contributed by atoms with Gasteiger partial charge < -0.3 is 9.47 Å². The van der Waals surface area contributed by atoms with Crippen molar-refractivity contribution < 1.29 is 18.7 Å². The number of carbonyl (C=O) groups excluding carboxylic acids is 1. The van der Waals surface area contributed by atoms with Gasteiger partial charge in [0.1, 0.15) is 5.82 Å². The standard InChI is InChI=1S/C12H14BrFO3/c1-3-16-12(8-15,17-4-2)9-5-6-10(13)11(14)7-9/h5-8H,3-4H2,1-2H3. The molecule has 0 atom stereocenters. The fourth-order valence-electron chi connectivity index (χ4n) is 1.49. The number of ether oxygens (including phenoxy) is 2. The van der Waals surface area contributed by atoms with Crippen molar-refractivity contribution in [3.05, 3.63) is 34.1 Å². The molecule has 0 radical (unpaired) electrons. The van der Waals surface area contributed by atoms with Gasteiger partial charge in [-0.15, -0.1) is 0 Å². The van der Waals surface area contributed by atoms with Crippen molar-refractivity contribution in [2.75, 3.05) is 13.2 Å². The zero-order valence-corrected chi connectivity index (χ0v) is 11.3. The summed E-state index contributed by atoms with van der Waals surface area (Å²) in [4.78, 5) is 11.2. The summed E-state index contributed by atoms with van der Waals surface area (Å²) in [5.74, 6) is -1.99. The van der Waals surface area contributed by atoms with E-state index in [-0.39, 0.29) is 13.2 Å². The Morgan fingerprint density at radius 3 is 2.35 bits per heavy atom. The highest BCUT2D eigenvalue weighted by molar-refractivity contribution is 9.10. The third-order valence-electron chi connectivity index (χ3n) is 2.19. The van der Waals surface area contributed by atoms with Gasteiger partial charge in [-0.1, -0.05) is 6.07 Å². The SMILES string of the molecule is CCOC(C=O)(OCC)c1ccc(Br)c(F)c1. The fraction of sp³-hybridized carbons (Fsp3) is 0.417. The average Bonchev–Trinajstić information content (AvgIpc) is 2.32. The van der Waals surface area contributed by atoms with E-state index >= 15 is 0 Å². The molecule has 1 rings (SSSR count). The van der Waals surface area contributed by atoms with Gasteiger partial charge >= 0.3 is 0 Å². The quantitative estimate of drug-likeness (QED) is 0.599. The van der Waals surface area contributed by atoms with Crippen LogP contribution in [-0.4, -0.2) is 19.5 Å². The Morgan fingerprint density at radius 2 is 1.94 bits per heavy atom. The lowest BCUT2D eigenvalue weighted by Gasteiger charge is -2.27. The highest BCUT2D eigenvalue weighted by atomic mass is 79.9. The highest BCUT2D eigenvalue weighted by Crippen LogP contribution is 2.28. The summed E-state index contributed by atoms with van der Waals surface area (Å²) in [5, 5.41) is 0. The Morgan fingerprint density at radius 1 is 1.35 bits per heavy atom. The van der Waals surface area contributed by atoms with Crippen LogP contribution >= 0.6 is 15.9 Å². The molecule has 0 bridgehead atoms. The van der Waals surface area contributed by atoms with E-state index in [0.717, 1.165) is 0 Å². The number of aldehydes is 1. The first-order valence-electron chi connectivity index (χ1n) is 5.29. The van der Waals surface area contributed by atoms with E-state index in [4.69, 9.17) is 9.47 Å². The molecule has 94 valence electrons. The third-order valence-corrected chi connectivity index (χ3v) is 2.84. The normalized spacial score (nSPS) is 11.5. The van der Waals surface area contributed by atoms with Crippen LogP contribution in [0.15, 0.2) is 22.7 Å². The summed E-state index contributed by atoms with van der Waals surface area (Å²) in [6.07, 6.45) is 0.544. The Kier molecular flexibility index (Phi) is 5.24. The van der Waals surface area contributed by atoms with E-state index in [0.29, 0.717) is 16.3 Å². The maximum Gasteiger partial charge on any atom is 0.253 e. The Labute approximate surface area is 108 Å². The lowest BCUT2D eigenvalue weighted by molar-refractivity contribution is -0.222. The smallest absolute Gasteiger partial charge is 0.253 e. The van der Waals surface area contributed by atoms with Gasteiger partial charge in [-0.2, -0.15) is 0 Å². The van der Waals surface area contributed by atoms with Gasteiger partial charge in [0, 0.05) is 18.8 Å². The highest BCUT2D eigenvalue weighted by Gasteiger charge is 2.34. The molecule has 3 nitrogen and oxygen atoms in total. The van der Waals surface area contributed by atoms with Gasteiger partial charge in [0.15, 0.2) is 6.29 Å². The zero-order valence-electron chi connectivity index (χ0n) is 9.70. The average molecular weight is 305 g/mol. The van der Waals surface area contributed by atoms with Crippen LogP contribution in [0.2, 0.25) is 0 Å². The number of hydrogen-bond acceptors (Lipinski definition) is 3. The summed E-state index contributed by atoms with van der Waals surface area (Å²) >= 11 is 3.05. The number of hydrogen-bond donors (Lipinski definition) is 0. The van der Waals surface area contributed by atoms with Gasteiger partial charge in [0.05, 0.1) is 4.47 Å². The van der Waals surface area contributed by atoms with Crippen LogP contribution in [0.25, 0.3) is 0 Å². The van der Waals surface area contributed by atoms with Crippen LogP contribution in [0, 0.1) is 5.82 Å². The van der Waals surface area contributed by atoms with Crippen molar-refractivity contribution in [2.45, 2.75) is 19.6 Å². The monoisotopic (exact) mass is 304 g/mol. The molecule has 0 saturated heterocycles. The molecule has 0 spiro atoms. The maximum atomic E-state index is 13.5. The van der Waals surface area contributed by atoms with Crippen LogP contribution in [-0.2, 0) is 20.1 Å². The van der Waals surface area contributed by atoms with Crippen LogP contribution in [0.4, 0.5) is 4.39 Å². The zero-order chi connectivity index (χ0) is 12.9. The summed E-state index contributed by atoms with van der Waals surface area (Å²) in [6.45, 7) is 4.06. The van der Waals surface area contributed by atoms with E-state index in [2.05, 4.69) is 15.9 Å². The summed E-state index contributed by atoms with van der Waals surface area (Å²) in [5.41, 5.74) is 0.344. The molecule has 0 aliphatic rings. The second-order valence-electron chi connectivity index (χ2n) is 3.28. The van der Waals surface area contributed by atoms with Crippen molar-refractivity contribution >= 4 is 22.2 Å². The number of benzene rings is 1. The van der Waals surface area contributed by atoms with E-state index < -0.39 is 11.6 Å². The molecule has 17 heavy (non-hydrogen) atoms. The van der Waals surface area contributed by atoms with Crippen molar-refractivity contribution in [1.82, 2.24) is 0 Å². The van der Waals surface area contributed by atoms with E-state index in [1.807, 2.05) is 0 Å². The first-order valence-corrected chi connectivity index (χ1v) is 6.08. The lowest BCUT2D eigenvalue weighted by Crippen LogP contribution is -2.35. The van der Waals surface area contributed by atoms with Gasteiger partial charge in [-0.05, 0) is 41.9 Å². The molecule has 0 heterocycles. The summed E-state index contributed by atoms with van der Waals surface area (Å²) in [7, 11) is 0. The summed E-state index contributed by atoms with van der Waals surface area (Å²) < 4.78 is 24.4. The molecule has 0 fully saturated rings. The van der Waals surface area contributed by atoms with Gasteiger partial charge in [-0.3, -0.25) is 4.79 Å². The molecule has 0 aliphatic carbocycles. The molecule has 1 aromatic rings. The topological polar surface area (TPSA) is 35.5 Å². The van der Waals surface area contributed by atoms with Crippen molar-refractivity contribution in [1.29, 1.82) is 0 Å². The van der Waals surface area contributed by atoms with E-state index in [1.54, 1.807) is 19.9 Å². The third kappa shape index (κ3) is 3.12. The van der Waals surface area contributed by atoms with E-state index in [9.17, 15) is 9.18 Å². The van der Waals surface area contributed by atoms with Crippen LogP contribution in [0.5, 0.6) is 0 Å². The molecule has 0 aromatic heterocycles. The number of carbonyl (C=O) groups is 1. The van der Waals surface area contributed by atoms with Gasteiger partial charge in [-0.25, -0.2) is 4.39 Å². The molecule has 0 aliphatic heterocycles. The van der Waals surface area contributed by atoms with Crippen LogP contribution in [0.1, 0.15) is 19.4 Å². The predicted octanol–water partition coefficient (Wildman–Crippen LogP) is 3.01. The van der Waals surface area contributed by atoms with Crippen molar-refractivity contribution in [2.24, 2.45) is 0 Å². The minimum Gasteiger partial charge on any atom is -0.340 e. The molecular weight excluding hydrogens is 291 g/mol.